The molecule has 0 aromatic heterocycles. The summed E-state index contributed by atoms with van der Waals surface area (Å²) < 4.78 is 5.60. The Morgan fingerprint density at radius 2 is 1.69 bits per heavy atom. The maximum atomic E-state index is 13.3. The van der Waals surface area contributed by atoms with Crippen LogP contribution >= 0.6 is 0 Å². The minimum atomic E-state index is -0.601. The molecule has 1 saturated heterocycles. The average Bonchev–Trinajstić information content (AvgIpc) is 2.91. The van der Waals surface area contributed by atoms with Crippen molar-refractivity contribution >= 4 is 17.7 Å². The molecule has 3 rings (SSSR count). The van der Waals surface area contributed by atoms with Gasteiger partial charge in [0.25, 0.3) is 0 Å². The number of carbonyl (C=O) groups is 2. The third-order valence-electron chi connectivity index (χ3n) is 5.03. The fourth-order valence-electron chi connectivity index (χ4n) is 4.17. The van der Waals surface area contributed by atoms with Gasteiger partial charge in [0.2, 0.25) is 5.91 Å². The van der Waals surface area contributed by atoms with Gasteiger partial charge in [0.05, 0.1) is 5.69 Å². The Morgan fingerprint density at radius 3 is 2.31 bits per heavy atom. The van der Waals surface area contributed by atoms with Crippen molar-refractivity contribution in [1.29, 1.82) is 0 Å². The quantitative estimate of drug-likeness (QED) is 0.766. The summed E-state index contributed by atoms with van der Waals surface area (Å²) in [7, 11) is 0. The van der Waals surface area contributed by atoms with E-state index in [0.717, 1.165) is 30.8 Å². The van der Waals surface area contributed by atoms with Crippen molar-refractivity contribution in [3.05, 3.63) is 29.8 Å². The van der Waals surface area contributed by atoms with Gasteiger partial charge in [-0.25, -0.2) is 4.79 Å². The molecule has 0 aliphatic carbocycles. The smallest absolute Gasteiger partial charge is 0.415 e. The first-order valence-electron chi connectivity index (χ1n) is 9.54. The van der Waals surface area contributed by atoms with E-state index in [1.165, 1.54) is 0 Å². The molecule has 142 valence electrons. The molecule has 0 bridgehead atoms. The van der Waals surface area contributed by atoms with Crippen LogP contribution in [-0.2, 0) is 16.0 Å². The van der Waals surface area contributed by atoms with Crippen LogP contribution in [0.3, 0.4) is 0 Å². The molecular formula is C21H30N2O3. The molecule has 2 heterocycles. The lowest BCUT2D eigenvalue weighted by Gasteiger charge is -2.38. The highest BCUT2D eigenvalue weighted by atomic mass is 16.6. The Hall–Kier alpha value is -2.04. The van der Waals surface area contributed by atoms with Gasteiger partial charge in [-0.05, 0) is 50.7 Å². The van der Waals surface area contributed by atoms with E-state index in [4.69, 9.17) is 4.74 Å². The van der Waals surface area contributed by atoms with Crippen LogP contribution in [0.15, 0.2) is 24.3 Å². The summed E-state index contributed by atoms with van der Waals surface area (Å²) in [6, 6.07) is 7.22. The number of benzene rings is 1. The van der Waals surface area contributed by atoms with E-state index < -0.39 is 17.7 Å². The first-order valence-corrected chi connectivity index (χ1v) is 9.54. The van der Waals surface area contributed by atoms with E-state index in [1.807, 2.05) is 49.9 Å². The van der Waals surface area contributed by atoms with Crippen molar-refractivity contribution in [1.82, 2.24) is 4.90 Å². The minimum Gasteiger partial charge on any atom is -0.443 e. The van der Waals surface area contributed by atoms with Crippen molar-refractivity contribution in [3.8, 4) is 0 Å². The van der Waals surface area contributed by atoms with E-state index in [-0.39, 0.29) is 5.91 Å². The van der Waals surface area contributed by atoms with Gasteiger partial charge < -0.3 is 9.64 Å². The highest BCUT2D eigenvalue weighted by Crippen LogP contribution is 2.35. The summed E-state index contributed by atoms with van der Waals surface area (Å²) in [5.74, 6) is 1.01. The third kappa shape index (κ3) is 3.87. The predicted molar refractivity (Wildman–Crippen MR) is 102 cm³/mol. The molecule has 1 aromatic carbocycles. The van der Waals surface area contributed by atoms with E-state index >= 15 is 0 Å². The number of para-hydroxylation sites is 1. The number of fused-ring (bicyclic) bond motifs is 1. The van der Waals surface area contributed by atoms with Crippen LogP contribution in [0.25, 0.3) is 0 Å². The van der Waals surface area contributed by atoms with Gasteiger partial charge in [-0.15, -0.1) is 0 Å². The van der Waals surface area contributed by atoms with Crippen molar-refractivity contribution in [2.75, 3.05) is 18.0 Å². The molecule has 3 unspecified atom stereocenters. The largest absolute Gasteiger partial charge is 0.443 e. The van der Waals surface area contributed by atoms with Crippen LogP contribution in [0.1, 0.15) is 46.6 Å². The van der Waals surface area contributed by atoms with Crippen LogP contribution in [0.5, 0.6) is 0 Å². The van der Waals surface area contributed by atoms with Gasteiger partial charge in [-0.1, -0.05) is 32.0 Å². The second kappa shape index (κ2) is 6.93. The molecule has 0 spiro atoms. The van der Waals surface area contributed by atoms with Crippen LogP contribution < -0.4 is 4.90 Å². The van der Waals surface area contributed by atoms with Crippen molar-refractivity contribution in [3.63, 3.8) is 0 Å². The number of likely N-dealkylation sites (tertiary alicyclic amines) is 1. The molecule has 26 heavy (non-hydrogen) atoms. The molecule has 1 aromatic rings. The SMILES string of the molecule is CC1CC(C)CN(C(=O)C2Cc3ccccc3N2C(=O)OC(C)(C)C)C1. The first-order chi connectivity index (χ1) is 12.2. The number of ether oxygens (including phenoxy) is 1. The summed E-state index contributed by atoms with van der Waals surface area (Å²) in [6.45, 7) is 11.4. The van der Waals surface area contributed by atoms with Gasteiger partial charge in [-0.2, -0.15) is 0 Å². The number of amides is 2. The molecule has 1 fully saturated rings. The number of piperidine rings is 1. The Kier molecular flexibility index (Phi) is 5.00. The number of anilines is 1. The molecule has 3 atom stereocenters. The van der Waals surface area contributed by atoms with Crippen molar-refractivity contribution in [2.45, 2.75) is 59.1 Å². The van der Waals surface area contributed by atoms with Crippen molar-refractivity contribution < 1.29 is 14.3 Å². The van der Waals surface area contributed by atoms with Crippen molar-refractivity contribution in [2.24, 2.45) is 11.8 Å². The molecular weight excluding hydrogens is 328 g/mol. The average molecular weight is 358 g/mol. The fraction of sp³-hybridized carbons (Fsp3) is 0.619. The molecule has 5 nitrogen and oxygen atoms in total. The monoisotopic (exact) mass is 358 g/mol. The molecule has 0 radical (unpaired) electrons. The first kappa shape index (κ1) is 18.7. The van der Waals surface area contributed by atoms with E-state index in [2.05, 4.69) is 13.8 Å². The number of carbonyl (C=O) groups excluding carboxylic acids is 2. The highest BCUT2D eigenvalue weighted by molar-refractivity contribution is 6.00. The van der Waals surface area contributed by atoms with Gasteiger partial charge in [0, 0.05) is 19.5 Å². The predicted octanol–water partition coefficient (Wildman–Crippen LogP) is 3.86. The topological polar surface area (TPSA) is 49.9 Å². The molecule has 2 amide bonds. The van der Waals surface area contributed by atoms with E-state index in [1.54, 1.807) is 4.90 Å². The second-order valence-corrected chi connectivity index (χ2v) is 8.89. The van der Waals surface area contributed by atoms with Crippen LogP contribution in [0.4, 0.5) is 10.5 Å². The number of nitrogens with zero attached hydrogens (tertiary/aromatic N) is 2. The van der Waals surface area contributed by atoms with E-state index in [9.17, 15) is 9.59 Å². The van der Waals surface area contributed by atoms with Crippen LogP contribution in [-0.4, -0.2) is 41.6 Å². The minimum absolute atomic E-state index is 0.0328. The lowest BCUT2D eigenvalue weighted by Crippen LogP contribution is -2.53. The Morgan fingerprint density at radius 1 is 1.08 bits per heavy atom. The summed E-state index contributed by atoms with van der Waals surface area (Å²) in [4.78, 5) is 29.7. The third-order valence-corrected chi connectivity index (χ3v) is 5.03. The van der Waals surface area contributed by atoms with Crippen LogP contribution in [0.2, 0.25) is 0 Å². The van der Waals surface area contributed by atoms with Gasteiger partial charge in [-0.3, -0.25) is 9.69 Å². The lowest BCUT2D eigenvalue weighted by atomic mass is 9.91. The number of rotatable bonds is 1. The Balaban J connectivity index is 1.87. The molecule has 0 saturated carbocycles. The fourth-order valence-corrected chi connectivity index (χ4v) is 4.17. The second-order valence-electron chi connectivity index (χ2n) is 8.89. The zero-order chi connectivity index (χ0) is 19.1. The lowest BCUT2D eigenvalue weighted by molar-refractivity contribution is -0.135. The number of hydrogen-bond donors (Lipinski definition) is 0. The molecule has 5 heteroatoms. The normalized spacial score (nSPS) is 25.8. The van der Waals surface area contributed by atoms with E-state index in [0.29, 0.717) is 18.3 Å². The maximum Gasteiger partial charge on any atom is 0.415 e. The molecule has 0 N–H and O–H groups in total. The summed E-state index contributed by atoms with van der Waals surface area (Å²) in [6.07, 6.45) is 1.25. The number of hydrogen-bond acceptors (Lipinski definition) is 3. The van der Waals surface area contributed by atoms with Gasteiger partial charge >= 0.3 is 6.09 Å². The standard InChI is InChI=1S/C21H30N2O3/c1-14-10-15(2)13-22(12-14)19(24)18-11-16-8-6-7-9-17(16)23(18)20(25)26-21(3,4)5/h6-9,14-15,18H,10-13H2,1-5H3. The summed E-state index contributed by atoms with van der Waals surface area (Å²) >= 11 is 0. The van der Waals surface area contributed by atoms with Gasteiger partial charge in [0.15, 0.2) is 0 Å². The highest BCUT2D eigenvalue weighted by Gasteiger charge is 2.43. The van der Waals surface area contributed by atoms with Gasteiger partial charge in [0.1, 0.15) is 11.6 Å². The Labute approximate surface area is 156 Å². The Bertz CT molecular complexity index is 685. The maximum absolute atomic E-state index is 13.3. The van der Waals surface area contributed by atoms with Crippen LogP contribution in [0, 0.1) is 11.8 Å². The molecule has 2 aliphatic rings. The summed E-state index contributed by atoms with van der Waals surface area (Å²) in [5, 5.41) is 0. The zero-order valence-corrected chi connectivity index (χ0v) is 16.5. The molecule has 2 aliphatic heterocycles. The zero-order valence-electron chi connectivity index (χ0n) is 16.5. The summed E-state index contributed by atoms with van der Waals surface area (Å²) in [5.41, 5.74) is 1.21.